The van der Waals surface area contributed by atoms with Crippen LogP contribution in [0.3, 0.4) is 0 Å². The average Bonchev–Trinajstić information content (AvgIpc) is 2.69. The lowest BCUT2D eigenvalue weighted by Gasteiger charge is -2.20. The van der Waals surface area contributed by atoms with Crippen LogP contribution in [-0.4, -0.2) is 38.8 Å². The predicted octanol–water partition coefficient (Wildman–Crippen LogP) is 3.81. The maximum absolute atomic E-state index is 12.9. The van der Waals surface area contributed by atoms with E-state index in [1.54, 1.807) is 29.3 Å². The third-order valence-corrected chi connectivity index (χ3v) is 5.03. The molecular weight excluding hydrogens is 388 g/mol. The van der Waals surface area contributed by atoms with Crippen LogP contribution in [0.1, 0.15) is 29.9 Å². The second-order valence-corrected chi connectivity index (χ2v) is 6.94. The van der Waals surface area contributed by atoms with E-state index < -0.39 is 0 Å². The summed E-state index contributed by atoms with van der Waals surface area (Å²) in [6.45, 7) is 6.90. The highest BCUT2D eigenvalue weighted by Crippen LogP contribution is 2.35. The number of anilines is 2. The molecule has 0 fully saturated rings. The number of halogens is 1. The maximum Gasteiger partial charge on any atom is 0.255 e. The van der Waals surface area contributed by atoms with Gasteiger partial charge >= 0.3 is 0 Å². The van der Waals surface area contributed by atoms with E-state index in [9.17, 15) is 4.79 Å². The molecule has 8 heteroatoms. The molecular formula is C21H23ClN6O. The number of rotatable bonds is 5. The molecule has 3 aromatic rings. The smallest absolute Gasteiger partial charge is 0.255 e. The maximum atomic E-state index is 12.9. The van der Waals surface area contributed by atoms with Gasteiger partial charge < -0.3 is 16.4 Å². The van der Waals surface area contributed by atoms with Gasteiger partial charge in [0, 0.05) is 36.0 Å². The monoisotopic (exact) mass is 410 g/mol. The zero-order valence-electron chi connectivity index (χ0n) is 16.6. The Labute approximate surface area is 174 Å². The van der Waals surface area contributed by atoms with Gasteiger partial charge in [-0.1, -0.05) is 17.7 Å². The number of aromatic nitrogens is 3. The van der Waals surface area contributed by atoms with E-state index >= 15 is 0 Å². The Balaban J connectivity index is 2.20. The molecule has 2 aromatic heterocycles. The third kappa shape index (κ3) is 4.14. The SMILES string of the molecule is CCN(CC)C(=O)c1cc(-c2nc(N)nc(C)c2-c2ccc(N)nc2)ccc1Cl. The molecule has 150 valence electrons. The molecule has 7 nitrogen and oxygen atoms in total. The predicted molar refractivity (Wildman–Crippen MR) is 117 cm³/mol. The Morgan fingerprint density at radius 1 is 1.07 bits per heavy atom. The van der Waals surface area contributed by atoms with E-state index in [2.05, 4.69) is 15.0 Å². The summed E-state index contributed by atoms with van der Waals surface area (Å²) in [6.07, 6.45) is 1.67. The summed E-state index contributed by atoms with van der Waals surface area (Å²) < 4.78 is 0. The fourth-order valence-electron chi connectivity index (χ4n) is 3.22. The van der Waals surface area contributed by atoms with Gasteiger partial charge in [-0.3, -0.25) is 4.79 Å². The number of nitrogens with zero attached hydrogens (tertiary/aromatic N) is 4. The first kappa shape index (κ1) is 20.5. The molecule has 0 unspecified atom stereocenters. The number of carbonyl (C=O) groups is 1. The number of nitrogen functional groups attached to an aromatic ring is 2. The van der Waals surface area contributed by atoms with Gasteiger partial charge in [0.15, 0.2) is 0 Å². The second kappa shape index (κ2) is 8.45. The Bertz CT molecular complexity index is 1050. The van der Waals surface area contributed by atoms with Crippen molar-refractivity contribution < 1.29 is 4.79 Å². The molecule has 0 radical (unpaired) electrons. The van der Waals surface area contributed by atoms with Crippen molar-refractivity contribution in [1.82, 2.24) is 19.9 Å². The molecule has 0 atom stereocenters. The number of benzene rings is 1. The van der Waals surface area contributed by atoms with Crippen LogP contribution in [0, 0.1) is 6.92 Å². The van der Waals surface area contributed by atoms with Crippen molar-refractivity contribution in [3.05, 3.63) is 52.8 Å². The van der Waals surface area contributed by atoms with Gasteiger partial charge in [0.1, 0.15) is 5.82 Å². The molecule has 0 aliphatic carbocycles. The van der Waals surface area contributed by atoms with E-state index in [1.165, 1.54) is 0 Å². The molecule has 1 amide bonds. The van der Waals surface area contributed by atoms with Crippen molar-refractivity contribution >= 4 is 29.3 Å². The summed E-state index contributed by atoms with van der Waals surface area (Å²) in [4.78, 5) is 27.5. The topological polar surface area (TPSA) is 111 Å². The first-order chi connectivity index (χ1) is 13.8. The van der Waals surface area contributed by atoms with E-state index in [1.807, 2.05) is 32.9 Å². The molecule has 3 rings (SSSR count). The number of hydrogen-bond acceptors (Lipinski definition) is 6. The van der Waals surface area contributed by atoms with Gasteiger partial charge in [0.2, 0.25) is 5.95 Å². The summed E-state index contributed by atoms with van der Waals surface area (Å²) >= 11 is 6.34. The normalized spacial score (nSPS) is 10.8. The van der Waals surface area contributed by atoms with Crippen molar-refractivity contribution in [1.29, 1.82) is 0 Å². The second-order valence-electron chi connectivity index (χ2n) is 6.53. The molecule has 29 heavy (non-hydrogen) atoms. The van der Waals surface area contributed by atoms with Crippen LogP contribution in [0.25, 0.3) is 22.4 Å². The molecule has 2 heterocycles. The largest absolute Gasteiger partial charge is 0.384 e. The lowest BCUT2D eigenvalue weighted by atomic mass is 9.97. The summed E-state index contributed by atoms with van der Waals surface area (Å²) in [6, 6.07) is 8.83. The van der Waals surface area contributed by atoms with Crippen molar-refractivity contribution in [2.75, 3.05) is 24.6 Å². The highest BCUT2D eigenvalue weighted by molar-refractivity contribution is 6.34. The zero-order valence-corrected chi connectivity index (χ0v) is 17.4. The third-order valence-electron chi connectivity index (χ3n) is 4.70. The van der Waals surface area contributed by atoms with Crippen molar-refractivity contribution in [2.45, 2.75) is 20.8 Å². The van der Waals surface area contributed by atoms with Gasteiger partial charge in [-0.15, -0.1) is 0 Å². The number of aryl methyl sites for hydroxylation is 1. The van der Waals surface area contributed by atoms with Gasteiger partial charge in [-0.25, -0.2) is 15.0 Å². The zero-order chi connectivity index (χ0) is 21.1. The average molecular weight is 411 g/mol. The lowest BCUT2D eigenvalue weighted by Crippen LogP contribution is -2.30. The van der Waals surface area contributed by atoms with E-state index in [4.69, 9.17) is 23.1 Å². The van der Waals surface area contributed by atoms with Crippen LogP contribution in [0.4, 0.5) is 11.8 Å². The van der Waals surface area contributed by atoms with Crippen LogP contribution < -0.4 is 11.5 Å². The van der Waals surface area contributed by atoms with Crippen molar-refractivity contribution in [2.24, 2.45) is 0 Å². The van der Waals surface area contributed by atoms with Gasteiger partial charge in [0.05, 0.1) is 22.0 Å². The van der Waals surface area contributed by atoms with E-state index in [0.29, 0.717) is 46.4 Å². The van der Waals surface area contributed by atoms with E-state index in [-0.39, 0.29) is 11.9 Å². The standard InChI is InChI=1S/C21H23ClN6O/c1-4-28(5-2)20(29)15-10-13(6-8-16(15)22)19-18(12(3)26-21(24)27-19)14-7-9-17(23)25-11-14/h6-11H,4-5H2,1-3H3,(H2,23,25)(H2,24,26,27). The number of hydrogen-bond donors (Lipinski definition) is 2. The molecule has 0 bridgehead atoms. The highest BCUT2D eigenvalue weighted by Gasteiger charge is 2.20. The lowest BCUT2D eigenvalue weighted by molar-refractivity contribution is 0.0773. The Morgan fingerprint density at radius 3 is 2.38 bits per heavy atom. The minimum atomic E-state index is -0.128. The molecule has 0 aliphatic heterocycles. The fraction of sp³-hybridized carbons (Fsp3) is 0.238. The minimum Gasteiger partial charge on any atom is -0.384 e. The Hall–Kier alpha value is -3.19. The van der Waals surface area contributed by atoms with Crippen LogP contribution in [0.2, 0.25) is 5.02 Å². The first-order valence-electron chi connectivity index (χ1n) is 9.30. The highest BCUT2D eigenvalue weighted by atomic mass is 35.5. The summed E-state index contributed by atoms with van der Waals surface area (Å²) in [5, 5.41) is 0.389. The summed E-state index contributed by atoms with van der Waals surface area (Å²) in [7, 11) is 0. The van der Waals surface area contributed by atoms with Crippen LogP contribution in [-0.2, 0) is 0 Å². The molecule has 0 aliphatic rings. The first-order valence-corrected chi connectivity index (χ1v) is 9.68. The van der Waals surface area contributed by atoms with Crippen LogP contribution in [0.5, 0.6) is 0 Å². The fourth-order valence-corrected chi connectivity index (χ4v) is 3.42. The number of pyridine rings is 1. The van der Waals surface area contributed by atoms with Crippen LogP contribution >= 0.6 is 11.6 Å². The van der Waals surface area contributed by atoms with Crippen LogP contribution in [0.15, 0.2) is 36.5 Å². The summed E-state index contributed by atoms with van der Waals surface area (Å²) in [5.41, 5.74) is 15.7. The number of carbonyl (C=O) groups excluding carboxylic acids is 1. The van der Waals surface area contributed by atoms with Gasteiger partial charge in [-0.2, -0.15) is 0 Å². The Morgan fingerprint density at radius 2 is 1.76 bits per heavy atom. The molecule has 4 N–H and O–H groups in total. The number of amides is 1. The van der Waals surface area contributed by atoms with E-state index in [0.717, 1.165) is 11.1 Å². The minimum absolute atomic E-state index is 0.128. The molecule has 0 saturated heterocycles. The molecule has 1 aromatic carbocycles. The molecule has 0 spiro atoms. The van der Waals surface area contributed by atoms with Crippen molar-refractivity contribution in [3.63, 3.8) is 0 Å². The van der Waals surface area contributed by atoms with Gasteiger partial charge in [-0.05, 0) is 45.0 Å². The quantitative estimate of drug-likeness (QED) is 0.661. The molecule has 0 saturated carbocycles. The van der Waals surface area contributed by atoms with Crippen molar-refractivity contribution in [3.8, 4) is 22.4 Å². The number of nitrogens with two attached hydrogens (primary N) is 2. The Kier molecular flexibility index (Phi) is 5.98. The summed E-state index contributed by atoms with van der Waals surface area (Å²) in [5.74, 6) is 0.440. The van der Waals surface area contributed by atoms with Gasteiger partial charge in [0.25, 0.3) is 5.91 Å².